The van der Waals surface area contributed by atoms with Crippen molar-refractivity contribution >= 4 is 29.4 Å². The van der Waals surface area contributed by atoms with Crippen molar-refractivity contribution in [3.8, 4) is 0 Å². The lowest BCUT2D eigenvalue weighted by molar-refractivity contribution is -0.696. The third kappa shape index (κ3) is 18.4. The summed E-state index contributed by atoms with van der Waals surface area (Å²) >= 11 is 1.50. The second-order valence-corrected chi connectivity index (χ2v) is 11.7. The van der Waals surface area contributed by atoms with Crippen LogP contribution in [-0.4, -0.2) is 56.0 Å². The summed E-state index contributed by atoms with van der Waals surface area (Å²) in [6.45, 7) is 6.82. The molecule has 0 saturated heterocycles. The van der Waals surface area contributed by atoms with Gasteiger partial charge < -0.3 is 19.5 Å². The van der Waals surface area contributed by atoms with Crippen molar-refractivity contribution in [3.05, 3.63) is 16.6 Å². The number of alkyl carbamates (subject to hydrolysis) is 1. The number of rotatable bonds is 25. The second-order valence-electron chi connectivity index (χ2n) is 11.0. The molecular formula is C32H58N3O6S+. The Balaban J connectivity index is 2.05. The molecule has 1 unspecified atom stereocenters. The van der Waals surface area contributed by atoms with Crippen LogP contribution in [-0.2, 0) is 32.1 Å². The van der Waals surface area contributed by atoms with E-state index in [-0.39, 0.29) is 19.8 Å². The first-order valence-electron chi connectivity index (χ1n) is 16.3. The Morgan fingerprint density at radius 3 is 1.86 bits per heavy atom. The first kappa shape index (κ1) is 37.8. The van der Waals surface area contributed by atoms with Gasteiger partial charge in [-0.1, -0.05) is 115 Å². The van der Waals surface area contributed by atoms with E-state index in [1.165, 1.54) is 115 Å². The molecule has 0 aliphatic rings. The minimum absolute atomic E-state index is 0.0605. The molecule has 0 bridgehead atoms. The molecule has 1 atom stereocenters. The molecular weight excluding hydrogens is 554 g/mol. The van der Waals surface area contributed by atoms with Crippen LogP contribution in [0.5, 0.6) is 0 Å². The van der Waals surface area contributed by atoms with Gasteiger partial charge in [-0.25, -0.2) is 14.5 Å². The fraction of sp³-hybridized carbons (Fsp3) is 0.812. The normalized spacial score (nSPS) is 11.7. The lowest BCUT2D eigenvalue weighted by atomic mass is 10.0. The lowest BCUT2D eigenvalue weighted by Gasteiger charge is -2.20. The Labute approximate surface area is 258 Å². The first-order chi connectivity index (χ1) is 20.4. The number of aryl methyl sites for hydroxylation is 1. The standard InChI is InChI=1S/C32H57N3O6S/c1-5-7-8-9-10-11-12-13-14-15-16-17-18-19-20-21-22-33-31(37)40-24-30(39-4)25-41-32(38)35(28(3)36)23-29-26-42-27-34(29)6-2/h26-27,30H,5-25H2,1-4H3/p+1. The van der Waals surface area contributed by atoms with Crippen molar-refractivity contribution in [3.63, 3.8) is 0 Å². The number of amides is 3. The number of hydrogen-bond donors (Lipinski definition) is 1. The van der Waals surface area contributed by atoms with Gasteiger partial charge in [0.15, 0.2) is 0 Å². The van der Waals surface area contributed by atoms with E-state index in [9.17, 15) is 14.4 Å². The summed E-state index contributed by atoms with van der Waals surface area (Å²) in [4.78, 5) is 37.7. The summed E-state index contributed by atoms with van der Waals surface area (Å²) in [7, 11) is 1.45. The van der Waals surface area contributed by atoms with Crippen molar-refractivity contribution in [1.29, 1.82) is 0 Å². The van der Waals surface area contributed by atoms with E-state index in [0.29, 0.717) is 6.54 Å². The van der Waals surface area contributed by atoms with E-state index in [1.807, 2.05) is 22.4 Å². The van der Waals surface area contributed by atoms with Crippen LogP contribution in [0.4, 0.5) is 9.59 Å². The zero-order valence-corrected chi connectivity index (χ0v) is 27.6. The third-order valence-electron chi connectivity index (χ3n) is 7.45. The fourth-order valence-corrected chi connectivity index (χ4v) is 5.56. The van der Waals surface area contributed by atoms with Gasteiger partial charge in [0.2, 0.25) is 17.1 Å². The van der Waals surface area contributed by atoms with Crippen LogP contribution < -0.4 is 9.88 Å². The maximum absolute atomic E-state index is 12.6. The summed E-state index contributed by atoms with van der Waals surface area (Å²) in [5, 5.41) is 4.67. The number of aromatic nitrogens is 1. The Kier molecular flexibility index (Phi) is 22.8. The largest absolute Gasteiger partial charge is 0.447 e. The molecule has 242 valence electrons. The van der Waals surface area contributed by atoms with Crippen molar-refractivity contribution in [1.82, 2.24) is 10.2 Å². The van der Waals surface area contributed by atoms with Crippen LogP contribution in [0.3, 0.4) is 0 Å². The van der Waals surface area contributed by atoms with Crippen LogP contribution in [0, 0.1) is 0 Å². The molecule has 42 heavy (non-hydrogen) atoms. The molecule has 1 aromatic rings. The molecule has 0 spiro atoms. The zero-order chi connectivity index (χ0) is 30.8. The van der Waals surface area contributed by atoms with Gasteiger partial charge in [0.25, 0.3) is 0 Å². The van der Waals surface area contributed by atoms with Crippen molar-refractivity contribution in [2.24, 2.45) is 0 Å². The number of carbonyl (C=O) groups excluding carboxylic acids is 3. The smallest absolute Gasteiger partial charge is 0.417 e. The average molecular weight is 613 g/mol. The van der Waals surface area contributed by atoms with E-state index in [4.69, 9.17) is 14.2 Å². The van der Waals surface area contributed by atoms with Gasteiger partial charge in [-0.2, -0.15) is 4.57 Å². The molecule has 9 nitrogen and oxygen atoms in total. The maximum atomic E-state index is 12.6. The van der Waals surface area contributed by atoms with Crippen LogP contribution in [0.25, 0.3) is 0 Å². The van der Waals surface area contributed by atoms with E-state index >= 15 is 0 Å². The van der Waals surface area contributed by atoms with E-state index in [1.54, 1.807) is 0 Å². The summed E-state index contributed by atoms with van der Waals surface area (Å²) in [6.07, 6.45) is 19.0. The molecule has 0 radical (unpaired) electrons. The summed E-state index contributed by atoms with van der Waals surface area (Å²) < 4.78 is 17.8. The summed E-state index contributed by atoms with van der Waals surface area (Å²) in [5.74, 6) is -0.410. The SMILES string of the molecule is CCCCCCCCCCCCCCCCCCNC(=O)OCC(COC(=O)N(Cc1csc[n+]1CC)C(C)=O)OC. The number of hydrogen-bond acceptors (Lipinski definition) is 7. The predicted octanol–water partition coefficient (Wildman–Crippen LogP) is 7.54. The number of imide groups is 1. The van der Waals surface area contributed by atoms with Crippen LogP contribution in [0.1, 0.15) is 129 Å². The van der Waals surface area contributed by atoms with E-state index in [2.05, 4.69) is 12.2 Å². The highest BCUT2D eigenvalue weighted by atomic mass is 32.1. The molecule has 1 heterocycles. The number of ether oxygens (including phenoxy) is 3. The predicted molar refractivity (Wildman–Crippen MR) is 167 cm³/mol. The van der Waals surface area contributed by atoms with Crippen molar-refractivity contribution in [2.45, 2.75) is 143 Å². The molecule has 1 aromatic heterocycles. The highest BCUT2D eigenvalue weighted by Gasteiger charge is 2.26. The van der Waals surface area contributed by atoms with Gasteiger partial charge in [0, 0.05) is 20.6 Å². The molecule has 0 aliphatic heterocycles. The molecule has 10 heteroatoms. The van der Waals surface area contributed by atoms with Gasteiger partial charge in [0.1, 0.15) is 32.4 Å². The molecule has 0 saturated carbocycles. The topological polar surface area (TPSA) is 98.0 Å². The monoisotopic (exact) mass is 612 g/mol. The molecule has 1 N–H and O–H groups in total. The molecule has 3 amide bonds. The van der Waals surface area contributed by atoms with Crippen LogP contribution in [0.2, 0.25) is 0 Å². The molecule has 1 rings (SSSR count). The first-order valence-corrected chi connectivity index (χ1v) is 17.2. The molecule has 0 fully saturated rings. The van der Waals surface area contributed by atoms with Gasteiger partial charge in [-0.3, -0.25) is 4.79 Å². The number of carbonyl (C=O) groups is 3. The van der Waals surface area contributed by atoms with Crippen LogP contribution >= 0.6 is 11.3 Å². The third-order valence-corrected chi connectivity index (χ3v) is 8.23. The highest BCUT2D eigenvalue weighted by Crippen LogP contribution is 2.14. The Hall–Kier alpha value is -2.20. The van der Waals surface area contributed by atoms with Gasteiger partial charge in [-0.05, 0) is 13.3 Å². The minimum Gasteiger partial charge on any atom is -0.447 e. The number of thiazole rings is 1. The number of unbranched alkanes of at least 4 members (excludes halogenated alkanes) is 15. The lowest BCUT2D eigenvalue weighted by Crippen LogP contribution is -2.42. The Morgan fingerprint density at radius 1 is 0.833 bits per heavy atom. The fourth-order valence-electron chi connectivity index (χ4n) is 4.70. The number of nitrogens with zero attached hydrogens (tertiary/aromatic N) is 2. The number of methoxy groups -OCH3 is 1. The Bertz CT molecular complexity index is 850. The summed E-state index contributed by atoms with van der Waals surface area (Å²) in [6, 6.07) is 0. The van der Waals surface area contributed by atoms with Crippen LogP contribution in [0.15, 0.2) is 10.9 Å². The maximum Gasteiger partial charge on any atom is 0.417 e. The second kappa shape index (κ2) is 25.3. The van der Waals surface area contributed by atoms with Gasteiger partial charge >= 0.3 is 12.2 Å². The minimum atomic E-state index is -0.758. The van der Waals surface area contributed by atoms with E-state index in [0.717, 1.165) is 30.0 Å². The molecule has 0 aromatic carbocycles. The van der Waals surface area contributed by atoms with Crippen molar-refractivity contribution < 1.29 is 33.2 Å². The Morgan fingerprint density at radius 2 is 1.36 bits per heavy atom. The quantitative estimate of drug-likeness (QED) is 0.0905. The van der Waals surface area contributed by atoms with Crippen molar-refractivity contribution in [2.75, 3.05) is 26.9 Å². The van der Waals surface area contributed by atoms with Gasteiger partial charge in [0.05, 0.1) is 5.38 Å². The number of nitrogens with one attached hydrogen (secondary N) is 1. The van der Waals surface area contributed by atoms with E-state index < -0.39 is 24.2 Å². The summed E-state index contributed by atoms with van der Waals surface area (Å²) in [5.41, 5.74) is 2.78. The average Bonchev–Trinajstić information content (AvgIpc) is 3.44. The molecule has 0 aliphatic carbocycles. The zero-order valence-electron chi connectivity index (χ0n) is 26.8. The highest BCUT2D eigenvalue weighted by molar-refractivity contribution is 7.07. The van der Waals surface area contributed by atoms with Gasteiger partial charge in [-0.15, -0.1) is 0 Å².